The quantitative estimate of drug-likeness (QED) is 0.0261. The minimum Gasteiger partial charge on any atom is -0.462 e. The number of rotatable bonds is 54. The molecule has 0 aliphatic rings. The van der Waals surface area contributed by atoms with Crippen molar-refractivity contribution in [1.29, 1.82) is 0 Å². The van der Waals surface area contributed by atoms with E-state index in [0.29, 0.717) is 19.3 Å². The Morgan fingerprint density at radius 2 is 0.513 bits per heavy atom. The number of ether oxygens (including phenoxy) is 3. The first-order valence-corrected chi connectivity index (χ1v) is 30.8. The highest BCUT2D eigenvalue weighted by molar-refractivity contribution is 5.71. The first-order chi connectivity index (χ1) is 37.5. The summed E-state index contributed by atoms with van der Waals surface area (Å²) in [6.07, 6.45) is 90.0. The summed E-state index contributed by atoms with van der Waals surface area (Å²) in [4.78, 5) is 38.1. The van der Waals surface area contributed by atoms with Gasteiger partial charge in [0.05, 0.1) is 0 Å². The van der Waals surface area contributed by atoms with Gasteiger partial charge in [0.2, 0.25) is 0 Å². The molecule has 0 aromatic carbocycles. The molecule has 0 spiro atoms. The van der Waals surface area contributed by atoms with Gasteiger partial charge >= 0.3 is 17.9 Å². The van der Waals surface area contributed by atoms with E-state index in [9.17, 15) is 14.4 Å². The lowest BCUT2D eigenvalue weighted by molar-refractivity contribution is -0.167. The molecule has 6 nitrogen and oxygen atoms in total. The molecule has 0 saturated carbocycles. The Hall–Kier alpha value is -4.71. The average molecular weight is 1050 g/mol. The second kappa shape index (κ2) is 62.8. The molecule has 0 rings (SSSR count). The Labute approximate surface area is 467 Å². The summed E-state index contributed by atoms with van der Waals surface area (Å²) in [5.74, 6) is -0.932. The van der Waals surface area contributed by atoms with Crippen molar-refractivity contribution < 1.29 is 28.6 Å². The molecular formula is C70H112O6. The van der Waals surface area contributed by atoms with Crippen LogP contribution in [0.25, 0.3) is 0 Å². The van der Waals surface area contributed by atoms with Crippen molar-refractivity contribution in [3.8, 4) is 0 Å². The Morgan fingerprint density at radius 1 is 0.276 bits per heavy atom. The minimum atomic E-state index is -0.797. The molecule has 6 heteroatoms. The van der Waals surface area contributed by atoms with Crippen LogP contribution in [-0.4, -0.2) is 37.2 Å². The highest BCUT2D eigenvalue weighted by atomic mass is 16.6. The fourth-order valence-corrected chi connectivity index (χ4v) is 8.04. The summed E-state index contributed by atoms with van der Waals surface area (Å²) in [7, 11) is 0. The molecule has 0 bridgehead atoms. The van der Waals surface area contributed by atoms with E-state index in [1.807, 2.05) is 0 Å². The summed E-state index contributed by atoms with van der Waals surface area (Å²) in [5.41, 5.74) is 0. The summed E-state index contributed by atoms with van der Waals surface area (Å²) >= 11 is 0. The molecule has 0 aromatic heterocycles. The van der Waals surface area contributed by atoms with Crippen molar-refractivity contribution in [2.75, 3.05) is 13.2 Å². The molecule has 1 unspecified atom stereocenters. The van der Waals surface area contributed by atoms with Gasteiger partial charge in [-0.15, -0.1) is 0 Å². The van der Waals surface area contributed by atoms with Crippen LogP contribution in [-0.2, 0) is 28.6 Å². The first-order valence-electron chi connectivity index (χ1n) is 30.8. The fraction of sp³-hybridized carbons (Fsp3) is 0.614. The van der Waals surface area contributed by atoms with E-state index in [4.69, 9.17) is 14.2 Å². The second-order valence-corrected chi connectivity index (χ2v) is 19.9. The SMILES string of the molecule is CC/C=C\C/C=C\C/C=C\C/C=C\C/C=C\C/C=C\C/C=C\CCCCCCCCCC(=O)OCC(COC(=O)CCCCCCCCCC)OC(=O)CCCCCCC/C=C\C/C=C\C/C=C\C/C=C\C/C=C\CC. The van der Waals surface area contributed by atoms with Gasteiger partial charge in [-0.25, -0.2) is 0 Å². The molecule has 0 radical (unpaired) electrons. The normalized spacial score (nSPS) is 13.1. The van der Waals surface area contributed by atoms with Gasteiger partial charge in [0.25, 0.3) is 0 Å². The number of carbonyl (C=O) groups is 3. The molecule has 0 fully saturated rings. The van der Waals surface area contributed by atoms with Crippen LogP contribution in [0.1, 0.15) is 258 Å². The highest BCUT2D eigenvalue weighted by Gasteiger charge is 2.19. The van der Waals surface area contributed by atoms with Gasteiger partial charge in [-0.2, -0.15) is 0 Å². The molecule has 428 valence electrons. The van der Waals surface area contributed by atoms with Gasteiger partial charge in [-0.05, 0) is 122 Å². The maximum absolute atomic E-state index is 12.9. The number of hydrogen-bond donors (Lipinski definition) is 0. The topological polar surface area (TPSA) is 78.9 Å². The number of esters is 3. The molecule has 0 aliphatic heterocycles. The Kier molecular flexibility index (Phi) is 58.9. The minimum absolute atomic E-state index is 0.0933. The van der Waals surface area contributed by atoms with Crippen LogP contribution in [0.2, 0.25) is 0 Å². The van der Waals surface area contributed by atoms with Gasteiger partial charge in [-0.3, -0.25) is 14.4 Å². The Bertz CT molecular complexity index is 1680. The van der Waals surface area contributed by atoms with Crippen LogP contribution in [0.15, 0.2) is 146 Å². The van der Waals surface area contributed by atoms with E-state index in [1.54, 1.807) is 0 Å². The van der Waals surface area contributed by atoms with Crippen LogP contribution >= 0.6 is 0 Å². The van der Waals surface area contributed by atoms with Crippen molar-refractivity contribution in [2.45, 2.75) is 264 Å². The summed E-state index contributed by atoms with van der Waals surface area (Å²) in [5, 5.41) is 0. The van der Waals surface area contributed by atoms with E-state index < -0.39 is 6.10 Å². The molecule has 0 aromatic rings. The molecule has 0 saturated heterocycles. The highest BCUT2D eigenvalue weighted by Crippen LogP contribution is 2.14. The zero-order valence-corrected chi connectivity index (χ0v) is 49.0. The fourth-order valence-electron chi connectivity index (χ4n) is 8.04. The van der Waals surface area contributed by atoms with E-state index in [1.165, 1.54) is 57.8 Å². The van der Waals surface area contributed by atoms with Crippen LogP contribution in [0.5, 0.6) is 0 Å². The van der Waals surface area contributed by atoms with Crippen LogP contribution in [0.4, 0.5) is 0 Å². The average Bonchev–Trinajstić information content (AvgIpc) is 3.42. The summed E-state index contributed by atoms with van der Waals surface area (Å²) in [6.45, 7) is 6.35. The Balaban J connectivity index is 4.29. The maximum Gasteiger partial charge on any atom is 0.306 e. The number of unbranched alkanes of at least 4 members (excludes halogenated alkanes) is 19. The molecular weight excluding hydrogens is 937 g/mol. The van der Waals surface area contributed by atoms with Crippen molar-refractivity contribution >= 4 is 17.9 Å². The van der Waals surface area contributed by atoms with Gasteiger partial charge in [0.15, 0.2) is 6.10 Å². The largest absolute Gasteiger partial charge is 0.462 e. The zero-order valence-electron chi connectivity index (χ0n) is 49.0. The third-order valence-corrected chi connectivity index (χ3v) is 12.6. The third-order valence-electron chi connectivity index (χ3n) is 12.6. The molecule has 0 N–H and O–H groups in total. The lowest BCUT2D eigenvalue weighted by atomic mass is 10.1. The van der Waals surface area contributed by atoms with Gasteiger partial charge < -0.3 is 14.2 Å². The van der Waals surface area contributed by atoms with Crippen molar-refractivity contribution in [2.24, 2.45) is 0 Å². The molecule has 0 heterocycles. The second-order valence-electron chi connectivity index (χ2n) is 19.9. The van der Waals surface area contributed by atoms with E-state index in [2.05, 4.69) is 167 Å². The molecule has 76 heavy (non-hydrogen) atoms. The first kappa shape index (κ1) is 71.3. The van der Waals surface area contributed by atoms with E-state index in [-0.39, 0.29) is 31.1 Å². The Morgan fingerprint density at radius 3 is 0.803 bits per heavy atom. The predicted octanol–water partition coefficient (Wildman–Crippen LogP) is 21.2. The molecule has 0 amide bonds. The lowest BCUT2D eigenvalue weighted by Crippen LogP contribution is -2.30. The van der Waals surface area contributed by atoms with Crippen molar-refractivity contribution in [3.05, 3.63) is 146 Å². The van der Waals surface area contributed by atoms with Gasteiger partial charge in [0, 0.05) is 19.3 Å². The van der Waals surface area contributed by atoms with Gasteiger partial charge in [-0.1, -0.05) is 263 Å². The van der Waals surface area contributed by atoms with E-state index in [0.717, 1.165) is 161 Å². The molecule has 1 atom stereocenters. The van der Waals surface area contributed by atoms with Crippen LogP contribution in [0, 0.1) is 0 Å². The van der Waals surface area contributed by atoms with Crippen LogP contribution < -0.4 is 0 Å². The van der Waals surface area contributed by atoms with E-state index >= 15 is 0 Å². The number of allylic oxidation sites excluding steroid dienone is 24. The van der Waals surface area contributed by atoms with Crippen molar-refractivity contribution in [3.63, 3.8) is 0 Å². The van der Waals surface area contributed by atoms with Crippen molar-refractivity contribution in [1.82, 2.24) is 0 Å². The summed E-state index contributed by atoms with van der Waals surface area (Å²) in [6, 6.07) is 0. The van der Waals surface area contributed by atoms with Crippen LogP contribution in [0.3, 0.4) is 0 Å². The standard InChI is InChI=1S/C70H112O6/c1-4-7-10-13-16-19-21-23-25-27-29-31-32-33-34-35-36-37-38-40-41-43-45-47-49-51-54-57-60-63-69(72)75-66-67(65-74-68(71)62-59-56-53-18-15-12-9-6-3)76-70(73)64-61-58-55-52-50-48-46-44-42-39-30-28-26-24-22-20-17-14-11-8-5-2/h7-8,10-11,16-17,19-20,23-26,29-31,33-34,36-37,39-41,44,46,67H,4-6,9,12-15,18,21-22,27-28,32,35,38,42-43,45,47-66H2,1-3H3/b10-7-,11-8-,19-16-,20-17-,25-23-,26-24-,31-29-,34-33-,37-36-,39-30-,41-40-,46-44-. The molecule has 0 aliphatic carbocycles. The lowest BCUT2D eigenvalue weighted by Gasteiger charge is -2.18. The zero-order chi connectivity index (χ0) is 55.0. The number of hydrogen-bond acceptors (Lipinski definition) is 6. The monoisotopic (exact) mass is 1050 g/mol. The number of carbonyl (C=O) groups excluding carboxylic acids is 3. The smallest absolute Gasteiger partial charge is 0.306 e. The summed E-state index contributed by atoms with van der Waals surface area (Å²) < 4.78 is 16.8. The maximum atomic E-state index is 12.9. The third kappa shape index (κ3) is 60.2. The predicted molar refractivity (Wildman–Crippen MR) is 329 cm³/mol. The van der Waals surface area contributed by atoms with Gasteiger partial charge in [0.1, 0.15) is 13.2 Å².